The third-order valence-corrected chi connectivity index (χ3v) is 5.93. The summed E-state index contributed by atoms with van der Waals surface area (Å²) >= 11 is 0. The van der Waals surface area contributed by atoms with E-state index in [1.54, 1.807) is 6.08 Å². The average Bonchev–Trinajstić information content (AvgIpc) is 2.69. The first-order valence-corrected chi connectivity index (χ1v) is 9.83. The van der Waals surface area contributed by atoms with Crippen molar-refractivity contribution in [3.8, 4) is 0 Å². The van der Waals surface area contributed by atoms with Gasteiger partial charge in [0.05, 0.1) is 24.9 Å². The lowest BCUT2D eigenvalue weighted by atomic mass is 9.85. The van der Waals surface area contributed by atoms with E-state index in [0.29, 0.717) is 37.1 Å². The maximum Gasteiger partial charge on any atom is 0.135 e. The molecule has 1 rings (SSSR count). The van der Waals surface area contributed by atoms with Crippen LogP contribution < -0.4 is 0 Å². The number of ether oxygens (including phenoxy) is 1. The minimum absolute atomic E-state index is 0.0138. The van der Waals surface area contributed by atoms with E-state index in [1.807, 2.05) is 13.8 Å². The van der Waals surface area contributed by atoms with Crippen LogP contribution >= 0.6 is 0 Å². The van der Waals surface area contributed by atoms with E-state index < -0.39 is 11.7 Å². The first-order chi connectivity index (χ1) is 11.7. The fraction of sp³-hybridized carbons (Fsp3) is 0.857. The van der Waals surface area contributed by atoms with Crippen molar-refractivity contribution in [2.24, 2.45) is 17.8 Å². The summed E-state index contributed by atoms with van der Waals surface area (Å²) in [6.45, 7) is 10.9. The molecule has 146 valence electrons. The van der Waals surface area contributed by atoms with E-state index in [4.69, 9.17) is 9.84 Å². The Kier molecular flexibility index (Phi) is 9.33. The van der Waals surface area contributed by atoms with Gasteiger partial charge in [0.2, 0.25) is 0 Å². The van der Waals surface area contributed by atoms with Gasteiger partial charge in [-0.15, -0.1) is 0 Å². The number of carbonyl (C=O) groups is 1. The second-order valence-electron chi connectivity index (χ2n) is 8.39. The van der Waals surface area contributed by atoms with E-state index in [1.165, 1.54) is 0 Å². The molecule has 0 saturated carbocycles. The van der Waals surface area contributed by atoms with Crippen molar-refractivity contribution >= 4 is 5.78 Å². The van der Waals surface area contributed by atoms with Crippen LogP contribution in [0.1, 0.15) is 73.1 Å². The topological polar surface area (TPSA) is 66.8 Å². The zero-order valence-electron chi connectivity index (χ0n) is 16.8. The van der Waals surface area contributed by atoms with E-state index in [2.05, 4.69) is 20.8 Å². The normalized spacial score (nSPS) is 28.8. The summed E-state index contributed by atoms with van der Waals surface area (Å²) in [4.78, 5) is 12.3. The average molecular weight is 355 g/mol. The minimum atomic E-state index is -0.570. The Morgan fingerprint density at radius 2 is 2.04 bits per heavy atom. The number of aliphatic hydroxyl groups is 2. The summed E-state index contributed by atoms with van der Waals surface area (Å²) in [5.41, 5.74) is 0.482. The van der Waals surface area contributed by atoms with Crippen LogP contribution in [0.3, 0.4) is 0 Å². The second kappa shape index (κ2) is 10.4. The van der Waals surface area contributed by atoms with Gasteiger partial charge in [0.15, 0.2) is 0 Å². The Morgan fingerprint density at radius 3 is 2.64 bits per heavy atom. The van der Waals surface area contributed by atoms with Crippen LogP contribution in [0.4, 0.5) is 0 Å². The molecule has 0 aromatic rings. The number of carbonyl (C=O) groups excluding carboxylic acids is 1. The highest BCUT2D eigenvalue weighted by Gasteiger charge is 2.36. The van der Waals surface area contributed by atoms with Crippen LogP contribution in [-0.4, -0.2) is 40.9 Å². The molecule has 1 aliphatic heterocycles. The molecule has 4 atom stereocenters. The van der Waals surface area contributed by atoms with E-state index >= 15 is 0 Å². The van der Waals surface area contributed by atoms with Crippen LogP contribution in [0.2, 0.25) is 0 Å². The number of hydrogen-bond donors (Lipinski definition) is 2. The van der Waals surface area contributed by atoms with Gasteiger partial charge in [0.25, 0.3) is 0 Å². The van der Waals surface area contributed by atoms with E-state index in [-0.39, 0.29) is 12.5 Å². The molecule has 4 nitrogen and oxygen atoms in total. The molecule has 1 saturated heterocycles. The molecule has 1 heterocycles. The maximum atomic E-state index is 12.3. The van der Waals surface area contributed by atoms with Crippen molar-refractivity contribution in [1.29, 1.82) is 0 Å². The molecule has 4 heteroatoms. The van der Waals surface area contributed by atoms with Crippen molar-refractivity contribution in [3.05, 3.63) is 11.6 Å². The van der Waals surface area contributed by atoms with Gasteiger partial charge >= 0.3 is 0 Å². The molecular weight excluding hydrogens is 316 g/mol. The molecule has 2 N–H and O–H groups in total. The molecular formula is C21H38O4. The van der Waals surface area contributed by atoms with Gasteiger partial charge < -0.3 is 14.9 Å². The highest BCUT2D eigenvalue weighted by atomic mass is 16.5. The number of aliphatic hydroxyl groups excluding tert-OH is 2. The third kappa shape index (κ3) is 7.20. The second-order valence-corrected chi connectivity index (χ2v) is 8.39. The van der Waals surface area contributed by atoms with Gasteiger partial charge in [-0.3, -0.25) is 4.79 Å². The molecule has 0 aromatic heterocycles. The molecule has 0 aromatic carbocycles. The Balaban J connectivity index is 2.47. The first-order valence-electron chi connectivity index (χ1n) is 9.83. The fourth-order valence-corrected chi connectivity index (χ4v) is 3.26. The highest BCUT2D eigenvalue weighted by molar-refractivity contribution is 5.80. The van der Waals surface area contributed by atoms with Crippen LogP contribution in [0.15, 0.2) is 11.6 Å². The predicted octanol–water partition coefficient (Wildman–Crippen LogP) is 3.89. The van der Waals surface area contributed by atoms with Gasteiger partial charge in [0.1, 0.15) is 5.78 Å². The molecule has 25 heavy (non-hydrogen) atoms. The summed E-state index contributed by atoms with van der Waals surface area (Å²) in [6, 6.07) is 0. The van der Waals surface area contributed by atoms with Crippen molar-refractivity contribution in [3.63, 3.8) is 0 Å². The third-order valence-electron chi connectivity index (χ3n) is 5.93. The SMILES string of the molecule is CC(CCC[C@]1(C)OCC(=CCO)CC[C@H]1O)C(=O)CC(C)C(C)C. The number of Topliss-reactive ketones (excluding diaryl/α,β-unsaturated/α-hetero) is 1. The zero-order chi connectivity index (χ0) is 19.0. The summed E-state index contributed by atoms with van der Waals surface area (Å²) < 4.78 is 5.99. The summed E-state index contributed by atoms with van der Waals surface area (Å²) in [6.07, 6.45) is 5.80. The first kappa shape index (κ1) is 22.3. The van der Waals surface area contributed by atoms with Crippen LogP contribution in [-0.2, 0) is 9.53 Å². The molecule has 0 radical (unpaired) electrons. The zero-order valence-corrected chi connectivity index (χ0v) is 16.8. The molecule has 0 bridgehead atoms. The van der Waals surface area contributed by atoms with Crippen LogP contribution in [0.5, 0.6) is 0 Å². The van der Waals surface area contributed by atoms with Gasteiger partial charge in [-0.05, 0) is 56.4 Å². The Labute approximate surface area is 153 Å². The number of rotatable bonds is 9. The Hall–Kier alpha value is -0.710. The monoisotopic (exact) mass is 354 g/mol. The lowest BCUT2D eigenvalue weighted by molar-refractivity contribution is -0.124. The number of ketones is 1. The lowest BCUT2D eigenvalue weighted by Gasteiger charge is -2.33. The maximum absolute atomic E-state index is 12.3. The van der Waals surface area contributed by atoms with Crippen molar-refractivity contribution in [2.75, 3.05) is 13.2 Å². The Bertz CT molecular complexity index is 443. The summed E-state index contributed by atoms with van der Waals surface area (Å²) in [5, 5.41) is 19.5. The molecule has 2 unspecified atom stereocenters. The lowest BCUT2D eigenvalue weighted by Crippen LogP contribution is -2.41. The standard InChI is InChI=1S/C21H38O4/c1-15(2)17(4)13-19(23)16(3)7-6-11-21(5)20(24)9-8-18(10-12-22)14-25-21/h10,15-17,20,22,24H,6-9,11-14H2,1-5H3/t16?,17?,20-,21+/m1/s1. The quantitative estimate of drug-likeness (QED) is 0.616. The minimum Gasteiger partial charge on any atom is -0.392 e. The van der Waals surface area contributed by atoms with Crippen LogP contribution in [0.25, 0.3) is 0 Å². The van der Waals surface area contributed by atoms with Crippen molar-refractivity contribution in [1.82, 2.24) is 0 Å². The van der Waals surface area contributed by atoms with Gasteiger partial charge in [-0.2, -0.15) is 0 Å². The molecule has 1 fully saturated rings. The van der Waals surface area contributed by atoms with Crippen LogP contribution in [0, 0.1) is 17.8 Å². The molecule has 1 aliphatic rings. The fourth-order valence-electron chi connectivity index (χ4n) is 3.26. The van der Waals surface area contributed by atoms with Gasteiger partial charge in [-0.25, -0.2) is 0 Å². The van der Waals surface area contributed by atoms with Crippen molar-refractivity contribution < 1.29 is 19.7 Å². The largest absolute Gasteiger partial charge is 0.392 e. The molecule has 0 spiro atoms. The predicted molar refractivity (Wildman–Crippen MR) is 101 cm³/mol. The van der Waals surface area contributed by atoms with Gasteiger partial charge in [0, 0.05) is 12.3 Å². The highest BCUT2D eigenvalue weighted by Crippen LogP contribution is 2.32. The summed E-state index contributed by atoms with van der Waals surface area (Å²) in [7, 11) is 0. The van der Waals surface area contributed by atoms with Crippen molar-refractivity contribution in [2.45, 2.75) is 84.8 Å². The smallest absolute Gasteiger partial charge is 0.135 e. The summed E-state index contributed by atoms with van der Waals surface area (Å²) in [5.74, 6) is 1.38. The van der Waals surface area contributed by atoms with E-state index in [0.717, 1.165) is 31.3 Å². The molecule has 0 aliphatic carbocycles. The number of hydrogen-bond acceptors (Lipinski definition) is 4. The Morgan fingerprint density at radius 1 is 1.36 bits per heavy atom. The van der Waals surface area contributed by atoms with E-state index in [9.17, 15) is 9.90 Å². The molecule has 0 amide bonds. The van der Waals surface area contributed by atoms with Gasteiger partial charge in [-0.1, -0.05) is 33.8 Å².